The van der Waals surface area contributed by atoms with Gasteiger partial charge in [-0.15, -0.1) is 5.92 Å². The largest absolute Gasteiger partial charge is 0.385 e. The summed E-state index contributed by atoms with van der Waals surface area (Å²) in [5.41, 5.74) is 1.91. The predicted octanol–water partition coefficient (Wildman–Crippen LogP) is 2.11. The molecule has 0 aliphatic heterocycles. The van der Waals surface area contributed by atoms with Crippen LogP contribution < -0.4 is 0 Å². The summed E-state index contributed by atoms with van der Waals surface area (Å²) < 4.78 is 1.95. The highest BCUT2D eigenvalue weighted by Gasteiger charge is 2.13. The molecule has 1 aromatic heterocycles. The summed E-state index contributed by atoms with van der Waals surface area (Å²) in [6, 6.07) is 7.84. The zero-order chi connectivity index (χ0) is 11.5. The van der Waals surface area contributed by atoms with E-state index in [-0.39, 0.29) is 0 Å². The van der Waals surface area contributed by atoms with Crippen molar-refractivity contribution in [3.8, 4) is 11.8 Å². The Balaban J connectivity index is 2.62. The van der Waals surface area contributed by atoms with Crippen molar-refractivity contribution in [3.63, 3.8) is 0 Å². The van der Waals surface area contributed by atoms with E-state index >= 15 is 0 Å². The number of nitrogens with zero attached hydrogens (tertiary/aromatic N) is 2. The molecule has 3 heteroatoms. The molecule has 1 heterocycles. The van der Waals surface area contributed by atoms with Crippen molar-refractivity contribution in [2.75, 3.05) is 0 Å². The summed E-state index contributed by atoms with van der Waals surface area (Å²) in [5, 5.41) is 9.67. The first-order valence-electron chi connectivity index (χ1n) is 5.27. The van der Waals surface area contributed by atoms with Crippen molar-refractivity contribution >= 4 is 11.0 Å². The highest BCUT2D eigenvalue weighted by molar-refractivity contribution is 5.76. The van der Waals surface area contributed by atoms with Crippen LogP contribution in [0.25, 0.3) is 11.0 Å². The number of benzene rings is 1. The number of rotatable bonds is 2. The normalized spacial score (nSPS) is 12.2. The lowest BCUT2D eigenvalue weighted by Gasteiger charge is -2.06. The van der Waals surface area contributed by atoms with Crippen LogP contribution in [0.3, 0.4) is 0 Å². The number of para-hydroxylation sites is 2. The zero-order valence-electron chi connectivity index (χ0n) is 9.44. The molecule has 0 radical (unpaired) electrons. The predicted molar refractivity (Wildman–Crippen MR) is 63.8 cm³/mol. The van der Waals surface area contributed by atoms with Gasteiger partial charge in [-0.1, -0.05) is 18.1 Å². The summed E-state index contributed by atoms with van der Waals surface area (Å²) >= 11 is 0. The third kappa shape index (κ3) is 1.80. The summed E-state index contributed by atoms with van der Waals surface area (Å²) in [6.07, 6.45) is -0.578. The van der Waals surface area contributed by atoms with Crippen molar-refractivity contribution in [2.45, 2.75) is 26.5 Å². The molecule has 2 rings (SSSR count). The molecule has 0 bridgehead atoms. The second kappa shape index (κ2) is 4.38. The van der Waals surface area contributed by atoms with Crippen molar-refractivity contribution < 1.29 is 5.11 Å². The lowest BCUT2D eigenvalue weighted by atomic mass is 10.3. The van der Waals surface area contributed by atoms with Gasteiger partial charge in [-0.2, -0.15) is 0 Å². The van der Waals surface area contributed by atoms with Gasteiger partial charge in [0.2, 0.25) is 0 Å². The van der Waals surface area contributed by atoms with Crippen LogP contribution in [0.15, 0.2) is 24.3 Å². The molecular formula is C13H14N2O. The Labute approximate surface area is 94.7 Å². The molecule has 1 aromatic carbocycles. The molecule has 0 amide bonds. The van der Waals surface area contributed by atoms with Crippen LogP contribution in [-0.2, 0) is 6.54 Å². The van der Waals surface area contributed by atoms with Crippen molar-refractivity contribution in [3.05, 3.63) is 30.1 Å². The first kappa shape index (κ1) is 10.7. The summed E-state index contributed by atoms with van der Waals surface area (Å²) in [5.74, 6) is 6.53. The average Bonchev–Trinajstić information content (AvgIpc) is 2.65. The van der Waals surface area contributed by atoms with Gasteiger partial charge in [-0.3, -0.25) is 0 Å². The molecule has 16 heavy (non-hydrogen) atoms. The van der Waals surface area contributed by atoms with Crippen LogP contribution in [0, 0.1) is 11.8 Å². The molecular weight excluding hydrogens is 200 g/mol. The van der Waals surface area contributed by atoms with Crippen LogP contribution in [0.5, 0.6) is 0 Å². The van der Waals surface area contributed by atoms with Crippen LogP contribution >= 0.6 is 0 Å². The molecule has 82 valence electrons. The third-order valence-corrected chi connectivity index (χ3v) is 2.47. The molecule has 0 unspecified atom stereocenters. The van der Waals surface area contributed by atoms with Crippen LogP contribution in [-0.4, -0.2) is 14.7 Å². The Morgan fingerprint density at radius 1 is 1.44 bits per heavy atom. The number of aromatic nitrogens is 2. The number of fused-ring (bicyclic) bond motifs is 1. The van der Waals surface area contributed by atoms with E-state index < -0.39 is 6.10 Å². The van der Waals surface area contributed by atoms with Crippen LogP contribution in [0.4, 0.5) is 0 Å². The monoisotopic (exact) mass is 214 g/mol. The minimum Gasteiger partial charge on any atom is -0.385 e. The van der Waals surface area contributed by atoms with E-state index in [4.69, 9.17) is 0 Å². The summed E-state index contributed by atoms with van der Waals surface area (Å²) in [7, 11) is 0. The van der Waals surface area contributed by atoms with Gasteiger partial charge in [0.05, 0.1) is 17.6 Å². The van der Waals surface area contributed by atoms with Gasteiger partial charge >= 0.3 is 0 Å². The fraction of sp³-hybridized carbons (Fsp3) is 0.308. The molecule has 0 aliphatic carbocycles. The van der Waals surface area contributed by atoms with Gasteiger partial charge in [0.25, 0.3) is 0 Å². The molecule has 3 nitrogen and oxygen atoms in total. The number of imidazole rings is 1. The van der Waals surface area contributed by atoms with Crippen LogP contribution in [0.1, 0.15) is 25.8 Å². The molecule has 0 saturated carbocycles. The Bertz CT molecular complexity index is 558. The van der Waals surface area contributed by atoms with Crippen molar-refractivity contribution in [2.24, 2.45) is 0 Å². The van der Waals surface area contributed by atoms with E-state index in [0.29, 0.717) is 12.4 Å². The van der Waals surface area contributed by atoms with Crippen molar-refractivity contribution in [1.29, 1.82) is 0 Å². The Hall–Kier alpha value is -1.79. The van der Waals surface area contributed by atoms with E-state index in [9.17, 15) is 5.11 Å². The minimum atomic E-state index is -0.578. The van der Waals surface area contributed by atoms with Gasteiger partial charge in [-0.05, 0) is 26.0 Å². The number of aliphatic hydroxyl groups excluding tert-OH is 1. The second-order valence-corrected chi connectivity index (χ2v) is 3.65. The van der Waals surface area contributed by atoms with E-state index in [1.54, 1.807) is 13.8 Å². The molecule has 0 aliphatic rings. The minimum absolute atomic E-state index is 0.567. The molecule has 0 saturated heterocycles. The third-order valence-electron chi connectivity index (χ3n) is 2.47. The maximum absolute atomic E-state index is 9.67. The fourth-order valence-electron chi connectivity index (χ4n) is 1.74. The quantitative estimate of drug-likeness (QED) is 0.777. The number of hydrogen-bond donors (Lipinski definition) is 1. The Morgan fingerprint density at radius 2 is 2.19 bits per heavy atom. The lowest BCUT2D eigenvalue weighted by Crippen LogP contribution is -2.05. The fourth-order valence-corrected chi connectivity index (χ4v) is 1.74. The van der Waals surface area contributed by atoms with Gasteiger partial charge in [0.1, 0.15) is 11.9 Å². The molecule has 1 N–H and O–H groups in total. The number of aliphatic hydroxyl groups is 1. The zero-order valence-corrected chi connectivity index (χ0v) is 9.44. The van der Waals surface area contributed by atoms with E-state index in [1.165, 1.54) is 0 Å². The lowest BCUT2D eigenvalue weighted by molar-refractivity contribution is 0.185. The Morgan fingerprint density at radius 3 is 2.88 bits per heavy atom. The first-order valence-corrected chi connectivity index (χ1v) is 5.27. The van der Waals surface area contributed by atoms with Gasteiger partial charge in [-0.25, -0.2) is 4.98 Å². The number of hydrogen-bond acceptors (Lipinski definition) is 2. The molecule has 1 atom stereocenters. The molecule has 0 spiro atoms. The van der Waals surface area contributed by atoms with E-state index in [2.05, 4.69) is 16.8 Å². The summed E-state index contributed by atoms with van der Waals surface area (Å²) in [4.78, 5) is 4.41. The van der Waals surface area contributed by atoms with Gasteiger partial charge < -0.3 is 9.67 Å². The van der Waals surface area contributed by atoms with E-state index in [1.807, 2.05) is 28.8 Å². The average molecular weight is 214 g/mol. The maximum Gasteiger partial charge on any atom is 0.139 e. The standard InChI is InChI=1S/C13H14N2O/c1-3-4-9-15-12-8-6-5-7-11(12)14-13(15)10(2)16/h5-8,10,16H,9H2,1-2H3/t10-/m0/s1. The first-order chi connectivity index (χ1) is 7.74. The smallest absolute Gasteiger partial charge is 0.139 e. The van der Waals surface area contributed by atoms with Gasteiger partial charge in [0.15, 0.2) is 0 Å². The molecule has 0 fully saturated rings. The van der Waals surface area contributed by atoms with Gasteiger partial charge in [0, 0.05) is 0 Å². The van der Waals surface area contributed by atoms with E-state index in [0.717, 1.165) is 11.0 Å². The SMILES string of the molecule is CC#CCn1c([C@H](C)O)nc2ccccc21. The Kier molecular flexibility index (Phi) is 2.93. The topological polar surface area (TPSA) is 38.0 Å². The highest BCUT2D eigenvalue weighted by Crippen LogP contribution is 2.20. The second-order valence-electron chi connectivity index (χ2n) is 3.65. The highest BCUT2D eigenvalue weighted by atomic mass is 16.3. The van der Waals surface area contributed by atoms with Crippen molar-refractivity contribution in [1.82, 2.24) is 9.55 Å². The molecule has 2 aromatic rings. The maximum atomic E-state index is 9.67. The van der Waals surface area contributed by atoms with Crippen LogP contribution in [0.2, 0.25) is 0 Å². The summed E-state index contributed by atoms with van der Waals surface area (Å²) in [6.45, 7) is 4.09.